The Hall–Kier alpha value is -0.870. The van der Waals surface area contributed by atoms with Gasteiger partial charge in [-0.25, -0.2) is 0 Å². The van der Waals surface area contributed by atoms with E-state index in [1.807, 2.05) is 24.9 Å². The Bertz CT molecular complexity index is 308. The van der Waals surface area contributed by atoms with Crippen LogP contribution >= 0.6 is 0 Å². The molecule has 1 aromatic heterocycles. The number of ether oxygens (including phenoxy) is 1. The normalized spacial score (nSPS) is 20.9. The molecule has 2 heterocycles. The standard InChI is InChI=1S/C10H17N3O/c1-3-14-7-9-5-11-4-8-6-12-13(2)10(8)9/h6,9,11H,3-5,7H2,1-2H3/t9-/m0/s1. The molecule has 0 fully saturated rings. The lowest BCUT2D eigenvalue weighted by Gasteiger charge is -2.24. The van der Waals surface area contributed by atoms with Crippen molar-refractivity contribution in [1.29, 1.82) is 0 Å². The Morgan fingerprint density at radius 3 is 3.36 bits per heavy atom. The molecular formula is C10H17N3O. The van der Waals surface area contributed by atoms with E-state index in [4.69, 9.17) is 4.74 Å². The van der Waals surface area contributed by atoms with E-state index >= 15 is 0 Å². The predicted octanol–water partition coefficient (Wildman–Crippen LogP) is 0.643. The van der Waals surface area contributed by atoms with Crippen molar-refractivity contribution >= 4 is 0 Å². The molecule has 0 amide bonds. The Morgan fingerprint density at radius 1 is 1.71 bits per heavy atom. The second-order valence-corrected chi connectivity index (χ2v) is 3.67. The molecule has 0 unspecified atom stereocenters. The zero-order valence-electron chi connectivity index (χ0n) is 8.79. The topological polar surface area (TPSA) is 39.1 Å². The average molecular weight is 195 g/mol. The molecule has 0 saturated carbocycles. The maximum atomic E-state index is 5.47. The van der Waals surface area contributed by atoms with E-state index in [0.29, 0.717) is 5.92 Å². The van der Waals surface area contributed by atoms with E-state index in [1.165, 1.54) is 11.3 Å². The van der Waals surface area contributed by atoms with Crippen LogP contribution in [-0.4, -0.2) is 29.5 Å². The zero-order valence-corrected chi connectivity index (χ0v) is 8.79. The Morgan fingerprint density at radius 2 is 2.57 bits per heavy atom. The minimum Gasteiger partial charge on any atom is -0.381 e. The molecule has 0 spiro atoms. The molecule has 1 N–H and O–H groups in total. The summed E-state index contributed by atoms with van der Waals surface area (Å²) in [6.07, 6.45) is 1.94. The van der Waals surface area contributed by atoms with E-state index in [-0.39, 0.29) is 0 Å². The lowest BCUT2D eigenvalue weighted by Crippen LogP contribution is -2.31. The monoisotopic (exact) mass is 195 g/mol. The van der Waals surface area contributed by atoms with Crippen molar-refractivity contribution in [2.45, 2.75) is 19.4 Å². The van der Waals surface area contributed by atoms with Crippen LogP contribution in [0.5, 0.6) is 0 Å². The Labute approximate surface area is 84.3 Å². The van der Waals surface area contributed by atoms with Crippen molar-refractivity contribution in [1.82, 2.24) is 15.1 Å². The second kappa shape index (κ2) is 4.11. The van der Waals surface area contributed by atoms with E-state index in [1.54, 1.807) is 0 Å². The molecule has 78 valence electrons. The molecule has 1 atom stereocenters. The highest BCUT2D eigenvalue weighted by Gasteiger charge is 2.23. The molecule has 4 heteroatoms. The molecule has 1 aliphatic heterocycles. The van der Waals surface area contributed by atoms with Crippen molar-refractivity contribution in [2.24, 2.45) is 7.05 Å². The maximum absolute atomic E-state index is 5.47. The van der Waals surface area contributed by atoms with Crippen molar-refractivity contribution < 1.29 is 4.74 Å². The van der Waals surface area contributed by atoms with Crippen LogP contribution in [-0.2, 0) is 18.3 Å². The fourth-order valence-electron chi connectivity index (χ4n) is 2.03. The first kappa shape index (κ1) is 9.68. The first-order valence-electron chi connectivity index (χ1n) is 5.12. The molecule has 0 aliphatic carbocycles. The van der Waals surface area contributed by atoms with Crippen LogP contribution in [0.2, 0.25) is 0 Å². The number of nitrogens with one attached hydrogen (secondary N) is 1. The number of aromatic nitrogens is 2. The van der Waals surface area contributed by atoms with E-state index in [0.717, 1.165) is 26.3 Å². The lowest BCUT2D eigenvalue weighted by molar-refractivity contribution is 0.127. The van der Waals surface area contributed by atoms with Crippen molar-refractivity contribution in [3.8, 4) is 0 Å². The van der Waals surface area contributed by atoms with Crippen molar-refractivity contribution in [3.63, 3.8) is 0 Å². The minimum absolute atomic E-state index is 0.450. The van der Waals surface area contributed by atoms with Crippen LogP contribution in [0.4, 0.5) is 0 Å². The fourth-order valence-corrected chi connectivity index (χ4v) is 2.03. The molecule has 0 saturated heterocycles. The summed E-state index contributed by atoms with van der Waals surface area (Å²) in [5.74, 6) is 0.450. The van der Waals surface area contributed by atoms with Gasteiger partial charge in [0.05, 0.1) is 12.8 Å². The maximum Gasteiger partial charge on any atom is 0.0562 e. The number of nitrogens with zero attached hydrogens (tertiary/aromatic N) is 2. The summed E-state index contributed by atoms with van der Waals surface area (Å²) >= 11 is 0. The molecule has 14 heavy (non-hydrogen) atoms. The van der Waals surface area contributed by atoms with Gasteiger partial charge in [0.2, 0.25) is 0 Å². The third-order valence-corrected chi connectivity index (χ3v) is 2.68. The SMILES string of the molecule is CCOC[C@@H]1CNCc2cnn(C)c21. The summed E-state index contributed by atoms with van der Waals surface area (Å²) in [5.41, 5.74) is 2.64. The highest BCUT2D eigenvalue weighted by atomic mass is 16.5. The van der Waals surface area contributed by atoms with Crippen LogP contribution < -0.4 is 5.32 Å². The number of aryl methyl sites for hydroxylation is 1. The van der Waals surface area contributed by atoms with Gasteiger partial charge in [-0.15, -0.1) is 0 Å². The molecule has 0 radical (unpaired) electrons. The average Bonchev–Trinajstić information content (AvgIpc) is 2.58. The number of hydrogen-bond acceptors (Lipinski definition) is 3. The number of fused-ring (bicyclic) bond motifs is 1. The summed E-state index contributed by atoms with van der Waals surface area (Å²) in [7, 11) is 2.00. The first-order valence-corrected chi connectivity index (χ1v) is 5.12. The van der Waals surface area contributed by atoms with E-state index in [9.17, 15) is 0 Å². The quantitative estimate of drug-likeness (QED) is 0.769. The lowest BCUT2D eigenvalue weighted by atomic mass is 9.99. The second-order valence-electron chi connectivity index (χ2n) is 3.67. The summed E-state index contributed by atoms with van der Waals surface area (Å²) in [6.45, 7) is 5.53. The molecule has 2 rings (SSSR count). The van der Waals surface area contributed by atoms with Gasteiger partial charge in [0.25, 0.3) is 0 Å². The smallest absolute Gasteiger partial charge is 0.0562 e. The summed E-state index contributed by atoms with van der Waals surface area (Å²) in [4.78, 5) is 0. The summed E-state index contributed by atoms with van der Waals surface area (Å²) in [6, 6.07) is 0. The Kier molecular flexibility index (Phi) is 2.84. The zero-order chi connectivity index (χ0) is 9.97. The third kappa shape index (κ3) is 1.67. The molecule has 0 aromatic carbocycles. The van der Waals surface area contributed by atoms with Gasteiger partial charge in [0.15, 0.2) is 0 Å². The van der Waals surface area contributed by atoms with Gasteiger partial charge in [-0.2, -0.15) is 5.10 Å². The van der Waals surface area contributed by atoms with Crippen LogP contribution in [0.25, 0.3) is 0 Å². The van der Waals surface area contributed by atoms with Gasteiger partial charge >= 0.3 is 0 Å². The van der Waals surface area contributed by atoms with Gasteiger partial charge in [0, 0.05) is 43.9 Å². The molecule has 0 bridgehead atoms. The van der Waals surface area contributed by atoms with Crippen LogP contribution in [0, 0.1) is 0 Å². The van der Waals surface area contributed by atoms with Crippen LogP contribution in [0.15, 0.2) is 6.20 Å². The minimum atomic E-state index is 0.450. The van der Waals surface area contributed by atoms with Gasteiger partial charge < -0.3 is 10.1 Å². The fraction of sp³-hybridized carbons (Fsp3) is 0.700. The number of rotatable bonds is 3. The van der Waals surface area contributed by atoms with Crippen molar-refractivity contribution in [3.05, 3.63) is 17.5 Å². The van der Waals surface area contributed by atoms with Gasteiger partial charge in [-0.05, 0) is 6.92 Å². The third-order valence-electron chi connectivity index (χ3n) is 2.68. The van der Waals surface area contributed by atoms with Gasteiger partial charge in [0.1, 0.15) is 0 Å². The summed E-state index contributed by atoms with van der Waals surface area (Å²) in [5, 5.41) is 7.66. The Balaban J connectivity index is 2.16. The molecular weight excluding hydrogens is 178 g/mol. The summed E-state index contributed by atoms with van der Waals surface area (Å²) < 4.78 is 7.45. The number of hydrogen-bond donors (Lipinski definition) is 1. The molecule has 1 aromatic rings. The largest absolute Gasteiger partial charge is 0.381 e. The predicted molar refractivity (Wildman–Crippen MR) is 54.1 cm³/mol. The highest BCUT2D eigenvalue weighted by molar-refractivity contribution is 5.24. The first-order chi connectivity index (χ1) is 6.83. The van der Waals surface area contributed by atoms with Gasteiger partial charge in [-0.1, -0.05) is 0 Å². The molecule has 4 nitrogen and oxygen atoms in total. The van der Waals surface area contributed by atoms with Crippen LogP contribution in [0.3, 0.4) is 0 Å². The highest BCUT2D eigenvalue weighted by Crippen LogP contribution is 2.23. The van der Waals surface area contributed by atoms with E-state index < -0.39 is 0 Å². The molecule has 1 aliphatic rings. The van der Waals surface area contributed by atoms with Gasteiger partial charge in [-0.3, -0.25) is 4.68 Å². The van der Waals surface area contributed by atoms with E-state index in [2.05, 4.69) is 10.4 Å². The van der Waals surface area contributed by atoms with Crippen LogP contribution in [0.1, 0.15) is 24.1 Å². The van der Waals surface area contributed by atoms with Crippen molar-refractivity contribution in [2.75, 3.05) is 19.8 Å².